The van der Waals surface area contributed by atoms with Crippen LogP contribution in [0.25, 0.3) is 0 Å². The maximum Gasteiger partial charge on any atom is 0.131 e. The van der Waals surface area contributed by atoms with Crippen LogP contribution in [0.5, 0.6) is 0 Å². The number of aromatic nitrogens is 2. The molecule has 116 valence electrons. The van der Waals surface area contributed by atoms with Crippen LogP contribution in [0.2, 0.25) is 0 Å². The summed E-state index contributed by atoms with van der Waals surface area (Å²) in [4.78, 5) is 9.74. The summed E-state index contributed by atoms with van der Waals surface area (Å²) in [5.74, 6) is 2.59. The molecule has 0 aliphatic heterocycles. The highest BCUT2D eigenvalue weighted by molar-refractivity contribution is 5.27. The van der Waals surface area contributed by atoms with Crippen molar-refractivity contribution in [1.29, 1.82) is 0 Å². The summed E-state index contributed by atoms with van der Waals surface area (Å²) in [6, 6.07) is 0.407. The van der Waals surface area contributed by atoms with E-state index < -0.39 is 0 Å². The van der Waals surface area contributed by atoms with Crippen LogP contribution < -0.4 is 5.32 Å². The van der Waals surface area contributed by atoms with Gasteiger partial charge in [0.2, 0.25) is 0 Å². The molecule has 21 heavy (non-hydrogen) atoms. The van der Waals surface area contributed by atoms with Gasteiger partial charge < -0.3 is 5.32 Å². The molecule has 3 heteroatoms. The first-order chi connectivity index (χ1) is 10.0. The van der Waals surface area contributed by atoms with Crippen LogP contribution in [-0.4, -0.2) is 17.0 Å². The number of hydrogen-bond acceptors (Lipinski definition) is 3. The van der Waals surface area contributed by atoms with Crippen LogP contribution in [0.4, 0.5) is 0 Å². The van der Waals surface area contributed by atoms with Crippen LogP contribution in [0.1, 0.15) is 81.9 Å². The summed E-state index contributed by atoms with van der Waals surface area (Å²) in [5, 5.41) is 3.44. The molecule has 0 spiro atoms. The fourth-order valence-corrected chi connectivity index (χ4v) is 4.20. The van der Waals surface area contributed by atoms with E-state index in [9.17, 15) is 0 Å². The largest absolute Gasteiger partial charge is 0.313 e. The molecular formula is C18H29N3. The van der Waals surface area contributed by atoms with E-state index >= 15 is 0 Å². The minimum Gasteiger partial charge on any atom is -0.313 e. The van der Waals surface area contributed by atoms with E-state index in [-0.39, 0.29) is 0 Å². The molecule has 1 heterocycles. The lowest BCUT2D eigenvalue weighted by molar-refractivity contribution is 0.259. The molecule has 2 aliphatic rings. The van der Waals surface area contributed by atoms with E-state index in [1.807, 2.05) is 7.05 Å². The van der Waals surface area contributed by atoms with Gasteiger partial charge in [-0.1, -0.05) is 27.2 Å². The zero-order valence-electron chi connectivity index (χ0n) is 13.9. The highest BCUT2D eigenvalue weighted by atomic mass is 14.9. The molecule has 1 aromatic rings. The van der Waals surface area contributed by atoms with Gasteiger partial charge in [-0.3, -0.25) is 0 Å². The normalized spacial score (nSPS) is 31.1. The number of hydrogen-bond donors (Lipinski definition) is 1. The quantitative estimate of drug-likeness (QED) is 0.913. The fourth-order valence-electron chi connectivity index (χ4n) is 4.20. The Bertz CT molecular complexity index is 509. The highest BCUT2D eigenvalue weighted by Crippen LogP contribution is 2.42. The Kier molecular flexibility index (Phi) is 4.04. The Labute approximate surface area is 129 Å². The van der Waals surface area contributed by atoms with Crippen molar-refractivity contribution in [3.05, 3.63) is 23.3 Å². The van der Waals surface area contributed by atoms with Gasteiger partial charge in [0, 0.05) is 29.4 Å². The Morgan fingerprint density at radius 2 is 2.14 bits per heavy atom. The monoisotopic (exact) mass is 287 g/mol. The molecule has 0 radical (unpaired) electrons. The first kappa shape index (κ1) is 15.0. The van der Waals surface area contributed by atoms with E-state index in [2.05, 4.69) is 32.3 Å². The zero-order valence-corrected chi connectivity index (χ0v) is 13.9. The zero-order chi connectivity index (χ0) is 15.0. The lowest BCUT2D eigenvalue weighted by Crippen LogP contribution is -2.33. The molecule has 3 nitrogen and oxygen atoms in total. The summed E-state index contributed by atoms with van der Waals surface area (Å²) in [6.45, 7) is 7.01. The average Bonchev–Trinajstić information content (AvgIpc) is 2.93. The Morgan fingerprint density at radius 1 is 1.33 bits per heavy atom. The molecule has 1 N–H and O–H groups in total. The van der Waals surface area contributed by atoms with Gasteiger partial charge in [-0.2, -0.15) is 0 Å². The Hall–Kier alpha value is -0.960. The van der Waals surface area contributed by atoms with Gasteiger partial charge in [-0.15, -0.1) is 0 Å². The second-order valence-electron chi connectivity index (χ2n) is 7.80. The van der Waals surface area contributed by atoms with E-state index in [0.717, 1.165) is 18.2 Å². The number of rotatable bonds is 3. The first-order valence-corrected chi connectivity index (χ1v) is 8.55. The standard InChI is InChI=1S/C18H29N3/c1-5-12-6-7-13(8-12)17-20-11-14-15(19-4)9-18(2,3)10-16(14)21-17/h11-13,15,19H,5-10H2,1-4H3. The van der Waals surface area contributed by atoms with E-state index in [0.29, 0.717) is 17.4 Å². The third-order valence-corrected chi connectivity index (χ3v) is 5.53. The SMILES string of the molecule is CCC1CCC(c2ncc3c(n2)CC(C)(C)CC3NC)C1. The van der Waals surface area contributed by atoms with Crippen LogP contribution in [0.15, 0.2) is 6.20 Å². The molecule has 1 fully saturated rings. The van der Waals surface area contributed by atoms with E-state index in [1.165, 1.54) is 43.4 Å². The summed E-state index contributed by atoms with van der Waals surface area (Å²) >= 11 is 0. The molecule has 0 saturated heterocycles. The Morgan fingerprint density at radius 3 is 2.81 bits per heavy atom. The van der Waals surface area contributed by atoms with Crippen LogP contribution in [0, 0.1) is 11.3 Å². The molecule has 1 aromatic heterocycles. The van der Waals surface area contributed by atoms with Crippen molar-refractivity contribution in [3.8, 4) is 0 Å². The summed E-state index contributed by atoms with van der Waals surface area (Å²) < 4.78 is 0. The van der Waals surface area contributed by atoms with Crippen molar-refractivity contribution in [2.24, 2.45) is 11.3 Å². The van der Waals surface area contributed by atoms with Crippen LogP contribution in [0.3, 0.4) is 0 Å². The minimum atomic E-state index is 0.327. The second-order valence-corrected chi connectivity index (χ2v) is 7.80. The smallest absolute Gasteiger partial charge is 0.131 e. The fraction of sp³-hybridized carbons (Fsp3) is 0.778. The topological polar surface area (TPSA) is 37.8 Å². The summed E-state index contributed by atoms with van der Waals surface area (Å²) in [5.41, 5.74) is 2.94. The molecule has 0 aromatic carbocycles. The second kappa shape index (κ2) is 5.68. The molecular weight excluding hydrogens is 258 g/mol. The third-order valence-electron chi connectivity index (χ3n) is 5.53. The van der Waals surface area contributed by atoms with Crippen molar-refractivity contribution in [2.45, 2.75) is 71.3 Å². The van der Waals surface area contributed by atoms with Gasteiger partial charge in [0.25, 0.3) is 0 Å². The third kappa shape index (κ3) is 2.98. The first-order valence-electron chi connectivity index (χ1n) is 8.55. The van der Waals surface area contributed by atoms with Crippen LogP contribution in [-0.2, 0) is 6.42 Å². The van der Waals surface area contributed by atoms with Crippen molar-refractivity contribution in [3.63, 3.8) is 0 Å². The summed E-state index contributed by atoms with van der Waals surface area (Å²) in [6.07, 6.45) is 9.57. The van der Waals surface area contributed by atoms with Crippen LogP contribution >= 0.6 is 0 Å². The molecule has 3 rings (SSSR count). The van der Waals surface area contributed by atoms with Gasteiger partial charge >= 0.3 is 0 Å². The average molecular weight is 287 g/mol. The minimum absolute atomic E-state index is 0.327. The predicted molar refractivity (Wildman–Crippen MR) is 86.3 cm³/mol. The molecule has 3 atom stereocenters. The lowest BCUT2D eigenvalue weighted by Gasteiger charge is -2.36. The van der Waals surface area contributed by atoms with E-state index in [1.54, 1.807) is 0 Å². The number of nitrogens with zero attached hydrogens (tertiary/aromatic N) is 2. The molecule has 0 amide bonds. The van der Waals surface area contributed by atoms with Gasteiger partial charge in [0.1, 0.15) is 5.82 Å². The highest BCUT2D eigenvalue weighted by Gasteiger charge is 2.34. The van der Waals surface area contributed by atoms with Gasteiger partial charge in [-0.25, -0.2) is 9.97 Å². The van der Waals surface area contributed by atoms with Crippen molar-refractivity contribution >= 4 is 0 Å². The maximum absolute atomic E-state index is 5.01. The molecule has 2 aliphatic carbocycles. The predicted octanol–water partition coefficient (Wildman–Crippen LogP) is 4.00. The summed E-state index contributed by atoms with van der Waals surface area (Å²) in [7, 11) is 2.05. The van der Waals surface area contributed by atoms with Gasteiger partial charge in [0.05, 0.1) is 0 Å². The van der Waals surface area contributed by atoms with Crippen molar-refractivity contribution in [1.82, 2.24) is 15.3 Å². The number of nitrogens with one attached hydrogen (secondary N) is 1. The van der Waals surface area contributed by atoms with E-state index in [4.69, 9.17) is 9.97 Å². The lowest BCUT2D eigenvalue weighted by atomic mass is 9.74. The molecule has 0 bridgehead atoms. The van der Waals surface area contributed by atoms with Crippen molar-refractivity contribution < 1.29 is 0 Å². The van der Waals surface area contributed by atoms with Crippen molar-refractivity contribution in [2.75, 3.05) is 7.05 Å². The van der Waals surface area contributed by atoms with Gasteiger partial charge in [0.15, 0.2) is 0 Å². The molecule has 1 saturated carbocycles. The maximum atomic E-state index is 5.01. The Balaban J connectivity index is 1.87. The van der Waals surface area contributed by atoms with Gasteiger partial charge in [-0.05, 0) is 50.5 Å². The molecule has 3 unspecified atom stereocenters. The number of fused-ring (bicyclic) bond motifs is 1.